The Morgan fingerprint density at radius 3 is 2.76 bits per heavy atom. The molecule has 0 aliphatic carbocycles. The highest BCUT2D eigenvalue weighted by atomic mass is 16.6. The van der Waals surface area contributed by atoms with Crippen molar-refractivity contribution < 1.29 is 19.2 Å². The predicted molar refractivity (Wildman–Crippen MR) is 73.3 cm³/mol. The minimum absolute atomic E-state index is 0.0974. The summed E-state index contributed by atoms with van der Waals surface area (Å²) < 4.78 is 5.67. The van der Waals surface area contributed by atoms with Gasteiger partial charge in [-0.25, -0.2) is 0 Å². The molecular weight excluding hydrogens is 276 g/mol. The molecule has 21 heavy (non-hydrogen) atoms. The van der Waals surface area contributed by atoms with Crippen molar-refractivity contribution >= 4 is 23.1 Å². The standard InChI is InChI=1S/C14H14N2O5/c1-8-2-4-10(21-8)7-15-12-5-3-9(16(19)20)6-11(12)13(17)14(15)18/h3,5-6,8,10H,2,4,7H2,1H3. The molecule has 1 aromatic carbocycles. The molecular formula is C14H14N2O5. The predicted octanol–water partition coefficient (Wildman–Crippen LogP) is 1.69. The zero-order chi connectivity index (χ0) is 15.1. The van der Waals surface area contributed by atoms with Crippen LogP contribution in [0.2, 0.25) is 0 Å². The summed E-state index contributed by atoms with van der Waals surface area (Å²) in [6, 6.07) is 3.91. The smallest absolute Gasteiger partial charge is 0.299 e. The molecule has 110 valence electrons. The van der Waals surface area contributed by atoms with Crippen molar-refractivity contribution in [1.82, 2.24) is 0 Å². The second-order valence-corrected chi connectivity index (χ2v) is 5.35. The number of nitro benzene ring substituents is 1. The van der Waals surface area contributed by atoms with E-state index < -0.39 is 16.6 Å². The van der Waals surface area contributed by atoms with Crippen LogP contribution in [0.1, 0.15) is 30.1 Å². The lowest BCUT2D eigenvalue weighted by Gasteiger charge is -2.20. The van der Waals surface area contributed by atoms with E-state index in [-0.39, 0.29) is 23.5 Å². The molecule has 7 heteroatoms. The zero-order valence-electron chi connectivity index (χ0n) is 11.4. The second-order valence-electron chi connectivity index (χ2n) is 5.35. The number of amides is 1. The molecule has 1 amide bonds. The molecule has 3 rings (SSSR count). The molecule has 0 bridgehead atoms. The van der Waals surface area contributed by atoms with E-state index >= 15 is 0 Å². The van der Waals surface area contributed by atoms with Crippen molar-refractivity contribution in [3.8, 4) is 0 Å². The van der Waals surface area contributed by atoms with E-state index in [1.807, 2.05) is 6.92 Å². The zero-order valence-corrected chi connectivity index (χ0v) is 11.4. The number of hydrogen-bond acceptors (Lipinski definition) is 5. The molecule has 0 radical (unpaired) electrons. The van der Waals surface area contributed by atoms with Crippen molar-refractivity contribution in [2.24, 2.45) is 0 Å². The number of nitrogens with zero attached hydrogens (tertiary/aromatic N) is 2. The van der Waals surface area contributed by atoms with Gasteiger partial charge >= 0.3 is 0 Å². The SMILES string of the molecule is CC1CCC(CN2C(=O)C(=O)c3cc([N+](=O)[O-])ccc32)O1. The average Bonchev–Trinajstić information content (AvgIpc) is 2.96. The number of anilines is 1. The van der Waals surface area contributed by atoms with Gasteiger partial charge in [0.25, 0.3) is 17.4 Å². The number of carbonyl (C=O) groups excluding carboxylic acids is 2. The fourth-order valence-corrected chi connectivity index (χ4v) is 2.81. The van der Waals surface area contributed by atoms with Crippen molar-refractivity contribution in [2.75, 3.05) is 11.4 Å². The van der Waals surface area contributed by atoms with Gasteiger partial charge in [-0.2, -0.15) is 0 Å². The van der Waals surface area contributed by atoms with Gasteiger partial charge in [0.05, 0.1) is 34.9 Å². The van der Waals surface area contributed by atoms with Crippen LogP contribution in [0.4, 0.5) is 11.4 Å². The van der Waals surface area contributed by atoms with Crippen LogP contribution < -0.4 is 4.90 Å². The maximum atomic E-state index is 12.1. The number of ether oxygens (including phenoxy) is 1. The van der Waals surface area contributed by atoms with Crippen LogP contribution in [0, 0.1) is 10.1 Å². The highest BCUT2D eigenvalue weighted by molar-refractivity contribution is 6.52. The molecule has 2 aliphatic heterocycles. The Hall–Kier alpha value is -2.28. The summed E-state index contributed by atoms with van der Waals surface area (Å²) in [7, 11) is 0. The normalized spacial score (nSPS) is 24.5. The Morgan fingerprint density at radius 1 is 1.38 bits per heavy atom. The van der Waals surface area contributed by atoms with E-state index in [1.54, 1.807) is 0 Å². The Labute approximate surface area is 120 Å². The third-order valence-corrected chi connectivity index (χ3v) is 3.87. The van der Waals surface area contributed by atoms with Crippen LogP contribution in [-0.4, -0.2) is 35.4 Å². The largest absolute Gasteiger partial charge is 0.373 e. The van der Waals surface area contributed by atoms with Crippen LogP contribution in [0.25, 0.3) is 0 Å². The number of nitro groups is 1. The van der Waals surface area contributed by atoms with Crippen molar-refractivity contribution in [2.45, 2.75) is 32.0 Å². The summed E-state index contributed by atoms with van der Waals surface area (Å²) in [5, 5.41) is 10.8. The van der Waals surface area contributed by atoms with Gasteiger partial charge < -0.3 is 9.64 Å². The molecule has 1 fully saturated rings. The van der Waals surface area contributed by atoms with E-state index in [9.17, 15) is 19.7 Å². The first kappa shape index (κ1) is 13.7. The van der Waals surface area contributed by atoms with Crippen LogP contribution in [0.3, 0.4) is 0 Å². The van der Waals surface area contributed by atoms with Crippen molar-refractivity contribution in [3.63, 3.8) is 0 Å². The van der Waals surface area contributed by atoms with Crippen molar-refractivity contribution in [1.29, 1.82) is 0 Å². The molecule has 2 heterocycles. The first-order chi connectivity index (χ1) is 9.97. The van der Waals surface area contributed by atoms with Gasteiger partial charge in [0.15, 0.2) is 0 Å². The fourth-order valence-electron chi connectivity index (χ4n) is 2.81. The number of ketones is 1. The van der Waals surface area contributed by atoms with Gasteiger partial charge in [0.2, 0.25) is 0 Å². The van der Waals surface area contributed by atoms with Gasteiger partial charge in [-0.3, -0.25) is 19.7 Å². The molecule has 1 aromatic rings. The van der Waals surface area contributed by atoms with Gasteiger partial charge in [-0.05, 0) is 25.8 Å². The summed E-state index contributed by atoms with van der Waals surface area (Å²) in [6.07, 6.45) is 1.81. The van der Waals surface area contributed by atoms with Crippen LogP contribution in [0.15, 0.2) is 18.2 Å². The molecule has 0 aromatic heterocycles. The summed E-state index contributed by atoms with van der Waals surface area (Å²) in [4.78, 5) is 35.6. The monoisotopic (exact) mass is 290 g/mol. The third-order valence-electron chi connectivity index (χ3n) is 3.87. The quantitative estimate of drug-likeness (QED) is 0.480. The Bertz CT molecular complexity index is 642. The molecule has 1 saturated heterocycles. The van der Waals surface area contributed by atoms with Gasteiger partial charge in [-0.1, -0.05) is 0 Å². The van der Waals surface area contributed by atoms with Gasteiger partial charge in [-0.15, -0.1) is 0 Å². The minimum Gasteiger partial charge on any atom is -0.373 e. The summed E-state index contributed by atoms with van der Waals surface area (Å²) in [5.41, 5.74) is 0.335. The van der Waals surface area contributed by atoms with Crippen LogP contribution >= 0.6 is 0 Å². The average molecular weight is 290 g/mol. The lowest BCUT2D eigenvalue weighted by atomic mass is 10.1. The Kier molecular flexibility index (Phi) is 3.21. The summed E-state index contributed by atoms with van der Waals surface area (Å²) in [6.45, 7) is 2.27. The maximum absolute atomic E-state index is 12.1. The fraction of sp³-hybridized carbons (Fsp3) is 0.429. The lowest BCUT2D eigenvalue weighted by molar-refractivity contribution is -0.384. The highest BCUT2D eigenvalue weighted by Gasteiger charge is 2.39. The number of rotatable bonds is 3. The van der Waals surface area contributed by atoms with Crippen LogP contribution in [-0.2, 0) is 9.53 Å². The molecule has 0 spiro atoms. The maximum Gasteiger partial charge on any atom is 0.299 e. The molecule has 2 aliphatic rings. The van der Waals surface area contributed by atoms with Crippen LogP contribution in [0.5, 0.6) is 0 Å². The lowest BCUT2D eigenvalue weighted by Crippen LogP contribution is -2.36. The summed E-state index contributed by atoms with van der Waals surface area (Å²) in [5.74, 6) is -1.34. The minimum atomic E-state index is -0.695. The second kappa shape index (κ2) is 4.92. The number of hydrogen-bond donors (Lipinski definition) is 0. The topological polar surface area (TPSA) is 89.8 Å². The Morgan fingerprint density at radius 2 is 2.14 bits per heavy atom. The number of fused-ring (bicyclic) bond motifs is 1. The van der Waals surface area contributed by atoms with E-state index in [1.165, 1.54) is 17.0 Å². The molecule has 0 N–H and O–H groups in total. The first-order valence-electron chi connectivity index (χ1n) is 6.77. The van der Waals surface area contributed by atoms with E-state index in [2.05, 4.69) is 0 Å². The Balaban J connectivity index is 1.89. The van der Waals surface area contributed by atoms with E-state index in [4.69, 9.17) is 4.74 Å². The van der Waals surface area contributed by atoms with Crippen molar-refractivity contribution in [3.05, 3.63) is 33.9 Å². The van der Waals surface area contributed by atoms with E-state index in [0.717, 1.165) is 18.9 Å². The number of Topliss-reactive ketones (excluding diaryl/α,β-unsaturated/α-hetero) is 1. The van der Waals surface area contributed by atoms with E-state index in [0.29, 0.717) is 12.2 Å². The summed E-state index contributed by atoms with van der Waals surface area (Å²) >= 11 is 0. The molecule has 2 unspecified atom stereocenters. The number of carbonyl (C=O) groups is 2. The van der Waals surface area contributed by atoms with Gasteiger partial charge in [0.1, 0.15) is 0 Å². The highest BCUT2D eigenvalue weighted by Crippen LogP contribution is 2.33. The third kappa shape index (κ3) is 2.29. The molecule has 0 saturated carbocycles. The number of non-ortho nitro benzene ring substituents is 1. The number of benzene rings is 1. The molecule has 7 nitrogen and oxygen atoms in total. The molecule has 2 atom stereocenters. The first-order valence-corrected chi connectivity index (χ1v) is 6.77. The van der Waals surface area contributed by atoms with Gasteiger partial charge in [0, 0.05) is 12.1 Å².